The molecule has 0 amide bonds. The van der Waals surface area contributed by atoms with Crippen LogP contribution in [0.15, 0.2) is 0 Å². The first-order chi connectivity index (χ1) is 6.24. The van der Waals surface area contributed by atoms with Gasteiger partial charge in [-0.25, -0.2) is 0 Å². The average Bonchev–Trinajstić information content (AvgIpc) is 2.19. The van der Waals surface area contributed by atoms with Crippen molar-refractivity contribution in [1.29, 1.82) is 0 Å². The molecule has 2 atom stereocenters. The van der Waals surface area contributed by atoms with Crippen molar-refractivity contribution in [3.63, 3.8) is 0 Å². The molecular formula is C10H21NOS. The summed E-state index contributed by atoms with van der Waals surface area (Å²) in [5.41, 5.74) is 5.52. The fourth-order valence-corrected chi connectivity index (χ4v) is 3.64. The fraction of sp³-hybridized carbons (Fsp3) is 1.00. The van der Waals surface area contributed by atoms with Crippen LogP contribution in [0.2, 0.25) is 0 Å². The van der Waals surface area contributed by atoms with Gasteiger partial charge in [0.15, 0.2) is 0 Å². The first-order valence-corrected chi connectivity index (χ1v) is 6.69. The van der Waals surface area contributed by atoms with Crippen molar-refractivity contribution in [2.75, 3.05) is 12.3 Å². The molecule has 13 heavy (non-hydrogen) atoms. The Morgan fingerprint density at radius 2 is 2.00 bits per heavy atom. The highest BCUT2D eigenvalue weighted by Crippen LogP contribution is 2.22. The van der Waals surface area contributed by atoms with Crippen LogP contribution >= 0.6 is 0 Å². The van der Waals surface area contributed by atoms with Gasteiger partial charge in [-0.15, -0.1) is 0 Å². The van der Waals surface area contributed by atoms with Crippen LogP contribution < -0.4 is 5.73 Å². The lowest BCUT2D eigenvalue weighted by Gasteiger charge is -2.22. The van der Waals surface area contributed by atoms with E-state index in [-0.39, 0.29) is 0 Å². The molecule has 3 heteroatoms. The monoisotopic (exact) mass is 203 g/mol. The summed E-state index contributed by atoms with van der Waals surface area (Å²) in [7, 11) is -0.616. The molecule has 0 aromatic heterocycles. The number of hydrogen-bond donors (Lipinski definition) is 1. The van der Waals surface area contributed by atoms with Crippen LogP contribution in [0.25, 0.3) is 0 Å². The van der Waals surface area contributed by atoms with Crippen LogP contribution in [0.4, 0.5) is 0 Å². The summed E-state index contributed by atoms with van der Waals surface area (Å²) in [6, 6.07) is 0. The summed E-state index contributed by atoms with van der Waals surface area (Å²) in [5.74, 6) is 1.23. The first-order valence-electron chi connectivity index (χ1n) is 5.31. The third-order valence-corrected chi connectivity index (χ3v) is 4.89. The number of nitrogens with two attached hydrogens (primary N) is 1. The second-order valence-electron chi connectivity index (χ2n) is 4.15. The van der Waals surface area contributed by atoms with Gasteiger partial charge in [0, 0.05) is 21.8 Å². The zero-order valence-electron chi connectivity index (χ0n) is 8.50. The highest BCUT2D eigenvalue weighted by atomic mass is 32.2. The van der Waals surface area contributed by atoms with Crippen molar-refractivity contribution in [3.05, 3.63) is 0 Å². The van der Waals surface area contributed by atoms with Crippen molar-refractivity contribution >= 4 is 10.8 Å². The lowest BCUT2D eigenvalue weighted by Crippen LogP contribution is -2.26. The van der Waals surface area contributed by atoms with Crippen molar-refractivity contribution in [1.82, 2.24) is 0 Å². The van der Waals surface area contributed by atoms with E-state index in [1.54, 1.807) is 0 Å². The number of hydrogen-bond acceptors (Lipinski definition) is 2. The first kappa shape index (κ1) is 11.2. The Hall–Kier alpha value is 0.110. The van der Waals surface area contributed by atoms with Gasteiger partial charge in [-0.2, -0.15) is 0 Å². The molecule has 1 fully saturated rings. The largest absolute Gasteiger partial charge is 0.330 e. The lowest BCUT2D eigenvalue weighted by molar-refractivity contribution is 0.502. The fourth-order valence-electron chi connectivity index (χ4n) is 1.81. The molecule has 2 nitrogen and oxygen atoms in total. The van der Waals surface area contributed by atoms with Gasteiger partial charge in [0.1, 0.15) is 0 Å². The minimum atomic E-state index is -0.616. The molecule has 0 aromatic carbocycles. The van der Waals surface area contributed by atoms with E-state index in [4.69, 9.17) is 5.73 Å². The molecule has 1 saturated carbocycles. The topological polar surface area (TPSA) is 43.1 Å². The quantitative estimate of drug-likeness (QED) is 0.755. The third-order valence-electron chi connectivity index (χ3n) is 2.78. The Balaban J connectivity index is 2.29. The molecule has 0 aromatic rings. The van der Waals surface area contributed by atoms with Crippen LogP contribution in [-0.2, 0) is 10.8 Å². The highest BCUT2D eigenvalue weighted by Gasteiger charge is 2.20. The molecule has 0 saturated heterocycles. The van der Waals surface area contributed by atoms with Gasteiger partial charge in [-0.1, -0.05) is 26.2 Å². The molecule has 0 spiro atoms. The predicted molar refractivity (Wildman–Crippen MR) is 58.1 cm³/mol. The summed E-state index contributed by atoms with van der Waals surface area (Å²) in [6.07, 6.45) is 6.22. The molecule has 0 radical (unpaired) electrons. The summed E-state index contributed by atoms with van der Waals surface area (Å²) in [5, 5.41) is 0.475. The Bertz CT molecular complexity index is 166. The van der Waals surface area contributed by atoms with E-state index in [2.05, 4.69) is 6.92 Å². The summed E-state index contributed by atoms with van der Waals surface area (Å²) >= 11 is 0. The van der Waals surface area contributed by atoms with E-state index in [1.807, 2.05) is 0 Å². The number of rotatable bonds is 4. The molecule has 0 bridgehead atoms. The van der Waals surface area contributed by atoms with E-state index in [0.29, 0.717) is 17.7 Å². The zero-order chi connectivity index (χ0) is 9.68. The maximum absolute atomic E-state index is 11.8. The second kappa shape index (κ2) is 5.76. The average molecular weight is 203 g/mol. The maximum Gasteiger partial charge on any atom is 0.0348 e. The van der Waals surface area contributed by atoms with E-state index >= 15 is 0 Å². The van der Waals surface area contributed by atoms with Crippen molar-refractivity contribution in [3.8, 4) is 0 Å². The third kappa shape index (κ3) is 3.77. The van der Waals surface area contributed by atoms with E-state index in [9.17, 15) is 4.21 Å². The Labute approximate surface area is 83.7 Å². The van der Waals surface area contributed by atoms with Gasteiger partial charge < -0.3 is 5.73 Å². The van der Waals surface area contributed by atoms with E-state index in [1.165, 1.54) is 32.1 Å². The molecule has 1 aliphatic carbocycles. The van der Waals surface area contributed by atoms with Crippen LogP contribution in [0.5, 0.6) is 0 Å². The SMILES string of the molecule is CC(CN)CS(=O)C1CCCCC1. The molecular weight excluding hydrogens is 182 g/mol. The summed E-state index contributed by atoms with van der Waals surface area (Å²) < 4.78 is 11.8. The molecule has 2 unspecified atom stereocenters. The van der Waals surface area contributed by atoms with Crippen LogP contribution in [0.1, 0.15) is 39.0 Å². The predicted octanol–water partition coefficient (Wildman–Crippen LogP) is 1.66. The summed E-state index contributed by atoms with van der Waals surface area (Å²) in [6.45, 7) is 2.75. The van der Waals surface area contributed by atoms with E-state index in [0.717, 1.165) is 5.75 Å². The van der Waals surface area contributed by atoms with Crippen molar-refractivity contribution in [2.24, 2.45) is 11.7 Å². The van der Waals surface area contributed by atoms with Gasteiger partial charge in [-0.05, 0) is 25.3 Å². The Morgan fingerprint density at radius 1 is 1.38 bits per heavy atom. The molecule has 2 N–H and O–H groups in total. The van der Waals surface area contributed by atoms with Gasteiger partial charge in [-0.3, -0.25) is 4.21 Å². The van der Waals surface area contributed by atoms with Gasteiger partial charge >= 0.3 is 0 Å². The normalized spacial score (nSPS) is 24.2. The van der Waals surface area contributed by atoms with E-state index < -0.39 is 10.8 Å². The van der Waals surface area contributed by atoms with Crippen molar-refractivity contribution < 1.29 is 4.21 Å². The minimum absolute atomic E-state index is 0.419. The van der Waals surface area contributed by atoms with Gasteiger partial charge in [0.2, 0.25) is 0 Å². The lowest BCUT2D eigenvalue weighted by atomic mass is 10.0. The Morgan fingerprint density at radius 3 is 2.54 bits per heavy atom. The summed E-state index contributed by atoms with van der Waals surface area (Å²) in [4.78, 5) is 0. The molecule has 1 rings (SSSR count). The smallest absolute Gasteiger partial charge is 0.0348 e. The zero-order valence-corrected chi connectivity index (χ0v) is 9.31. The van der Waals surface area contributed by atoms with Crippen LogP contribution in [-0.4, -0.2) is 21.8 Å². The minimum Gasteiger partial charge on any atom is -0.330 e. The standard InChI is InChI=1S/C10H21NOS/c1-9(7-11)8-13(12)10-5-3-2-4-6-10/h9-10H,2-8,11H2,1H3. The highest BCUT2D eigenvalue weighted by molar-refractivity contribution is 7.85. The van der Waals surface area contributed by atoms with Crippen LogP contribution in [0, 0.1) is 5.92 Å². The van der Waals surface area contributed by atoms with Gasteiger partial charge in [0.05, 0.1) is 0 Å². The molecule has 78 valence electrons. The molecule has 0 aliphatic heterocycles. The van der Waals surface area contributed by atoms with Crippen LogP contribution in [0.3, 0.4) is 0 Å². The second-order valence-corrected chi connectivity index (χ2v) is 5.91. The van der Waals surface area contributed by atoms with Crippen molar-refractivity contribution in [2.45, 2.75) is 44.3 Å². The Kier molecular flexibility index (Phi) is 4.96. The molecule has 1 aliphatic rings. The van der Waals surface area contributed by atoms with Gasteiger partial charge in [0.25, 0.3) is 0 Å². The maximum atomic E-state index is 11.8. The molecule has 0 heterocycles.